The van der Waals surface area contributed by atoms with Gasteiger partial charge in [-0.15, -0.1) is 0 Å². The van der Waals surface area contributed by atoms with Gasteiger partial charge in [-0.3, -0.25) is 0 Å². The van der Waals surface area contributed by atoms with E-state index in [1.807, 2.05) is 0 Å². The van der Waals surface area contributed by atoms with Gasteiger partial charge in [-0.25, -0.2) is 0 Å². The predicted molar refractivity (Wildman–Crippen MR) is 204 cm³/mol. The Hall–Kier alpha value is -1.42. The van der Waals surface area contributed by atoms with Gasteiger partial charge in [-0.2, -0.15) is 0 Å². The molecule has 3 saturated carbocycles. The van der Waals surface area contributed by atoms with Gasteiger partial charge in [0.1, 0.15) is 0 Å². The lowest BCUT2D eigenvalue weighted by Gasteiger charge is -2.48. The van der Waals surface area contributed by atoms with Crippen LogP contribution < -0.4 is 0 Å². The van der Waals surface area contributed by atoms with Gasteiger partial charge in [0.15, 0.2) is 0 Å². The molecule has 3 nitrogen and oxygen atoms in total. The van der Waals surface area contributed by atoms with Gasteiger partial charge < -0.3 is 15.3 Å². The standard InChI is InChI=1S/C15H26O2.C15H24O.C15H24/c1-10-4-6-12-11(2)5-7-14(13(12)8-10)15(3,17)9-16;1-10-4-6-13-11(2)5-7-14(12(3)9-16)15(13)8-10;1-10(2)13-8-6-12(4)14-7-5-11(3)9-15(13)14/h8,11-14,16-17H,4-7,9H2,1-3H3;8,11,13-16H,3-7,9H2,1-2H3;9,12-15H,1,5-8H2,2-4H3/t11-,12+,13+,14+,15?;11-,13+,14-,15+;12-,13-,14+,15-/m111/s1. The van der Waals surface area contributed by atoms with E-state index in [9.17, 15) is 15.3 Å². The maximum absolute atomic E-state index is 10.4. The first-order chi connectivity index (χ1) is 22.7. The van der Waals surface area contributed by atoms with E-state index >= 15 is 0 Å². The maximum atomic E-state index is 10.4. The number of aliphatic hydroxyl groups is 3. The van der Waals surface area contributed by atoms with Crippen molar-refractivity contribution in [3.63, 3.8) is 0 Å². The summed E-state index contributed by atoms with van der Waals surface area (Å²) >= 11 is 0. The van der Waals surface area contributed by atoms with E-state index in [4.69, 9.17) is 0 Å². The van der Waals surface area contributed by atoms with Crippen LogP contribution in [0, 0.1) is 71.0 Å². The predicted octanol–water partition coefficient (Wildman–Crippen LogP) is 10.9. The molecule has 6 aliphatic rings. The van der Waals surface area contributed by atoms with E-state index in [1.165, 1.54) is 87.3 Å². The van der Waals surface area contributed by atoms with E-state index < -0.39 is 5.60 Å². The van der Waals surface area contributed by atoms with Gasteiger partial charge in [-0.1, -0.05) is 80.9 Å². The number of hydrogen-bond donors (Lipinski definition) is 3. The molecular formula is C45H74O3. The average Bonchev–Trinajstić information content (AvgIpc) is 3.05. The first kappa shape index (κ1) is 39.4. The molecule has 1 unspecified atom stereocenters. The highest BCUT2D eigenvalue weighted by Gasteiger charge is 2.45. The van der Waals surface area contributed by atoms with Crippen molar-refractivity contribution < 1.29 is 15.3 Å². The zero-order chi connectivity index (χ0) is 35.3. The molecule has 6 rings (SSSR count). The van der Waals surface area contributed by atoms with Crippen LogP contribution in [0.2, 0.25) is 0 Å². The van der Waals surface area contributed by atoms with Crippen molar-refractivity contribution in [3.05, 3.63) is 59.3 Å². The third-order valence-corrected chi connectivity index (χ3v) is 14.4. The minimum Gasteiger partial charge on any atom is -0.393 e. The van der Waals surface area contributed by atoms with Gasteiger partial charge in [0.2, 0.25) is 0 Å². The maximum Gasteiger partial charge on any atom is 0.0883 e. The summed E-state index contributed by atoms with van der Waals surface area (Å²) in [5, 5.41) is 29.1. The van der Waals surface area contributed by atoms with E-state index in [1.54, 1.807) is 12.5 Å². The van der Waals surface area contributed by atoms with E-state index in [0.717, 1.165) is 53.4 Å². The molecule has 272 valence electrons. The molecule has 48 heavy (non-hydrogen) atoms. The molecule has 0 aliphatic heterocycles. The Balaban J connectivity index is 0.000000163. The summed E-state index contributed by atoms with van der Waals surface area (Å²) in [6.45, 7) is 26.2. The minimum atomic E-state index is -0.919. The summed E-state index contributed by atoms with van der Waals surface area (Å²) in [4.78, 5) is 0. The van der Waals surface area contributed by atoms with Crippen molar-refractivity contribution in [3.8, 4) is 0 Å². The molecule has 3 heteroatoms. The number of allylic oxidation sites excluding steroid dienone is 7. The molecule has 0 aromatic heterocycles. The van der Waals surface area contributed by atoms with Gasteiger partial charge in [0, 0.05) is 0 Å². The van der Waals surface area contributed by atoms with Crippen molar-refractivity contribution >= 4 is 0 Å². The highest BCUT2D eigenvalue weighted by molar-refractivity contribution is 5.18. The second kappa shape index (κ2) is 17.2. The Kier molecular flexibility index (Phi) is 14.1. The van der Waals surface area contributed by atoms with Gasteiger partial charge >= 0.3 is 0 Å². The molecular weight excluding hydrogens is 588 g/mol. The summed E-state index contributed by atoms with van der Waals surface area (Å²) in [5.74, 6) is 8.44. The second-order valence-electron chi connectivity index (χ2n) is 18.0. The zero-order valence-corrected chi connectivity index (χ0v) is 32.3. The Labute approximate surface area is 296 Å². The van der Waals surface area contributed by atoms with E-state index in [0.29, 0.717) is 23.7 Å². The van der Waals surface area contributed by atoms with Crippen LogP contribution in [0.3, 0.4) is 0 Å². The third-order valence-electron chi connectivity index (χ3n) is 14.4. The number of hydrogen-bond acceptors (Lipinski definition) is 3. The molecule has 3 fully saturated rings. The smallest absolute Gasteiger partial charge is 0.0883 e. The van der Waals surface area contributed by atoms with Crippen LogP contribution in [-0.4, -0.2) is 34.1 Å². The van der Waals surface area contributed by atoms with Crippen molar-refractivity contribution in [2.75, 3.05) is 13.2 Å². The third kappa shape index (κ3) is 9.27. The lowest BCUT2D eigenvalue weighted by molar-refractivity contribution is -0.0896. The summed E-state index contributed by atoms with van der Waals surface area (Å²) < 4.78 is 0. The summed E-state index contributed by atoms with van der Waals surface area (Å²) in [6.07, 6.45) is 22.7. The fraction of sp³-hybridized carbons (Fsp3) is 0.778. The quantitative estimate of drug-likeness (QED) is 0.257. The Morgan fingerprint density at radius 1 is 0.646 bits per heavy atom. The minimum absolute atomic E-state index is 0.123. The van der Waals surface area contributed by atoms with Crippen LogP contribution in [0.15, 0.2) is 59.3 Å². The Bertz CT molecular complexity index is 1190. The highest BCUT2D eigenvalue weighted by Crippen LogP contribution is 2.50. The average molecular weight is 663 g/mol. The van der Waals surface area contributed by atoms with Crippen LogP contribution in [0.1, 0.15) is 132 Å². The van der Waals surface area contributed by atoms with E-state index in [2.05, 4.69) is 79.9 Å². The van der Waals surface area contributed by atoms with Crippen LogP contribution in [-0.2, 0) is 0 Å². The SMILES string of the molecule is C=C(C)[C@H]1CC[C@@H](C)[C@@H]2CCC(C)=C[C@@H]21.C=C(CO)[C@H]1CC[C@@H](C)[C@@H]2CCC(C)=C[C@@H]21.CC1=C[C@H]2[C@@H](CC1)[C@H](C)CC[C@@H]2C(C)(O)CO. The lowest BCUT2D eigenvalue weighted by Crippen LogP contribution is -2.48. The molecule has 0 aromatic carbocycles. The zero-order valence-electron chi connectivity index (χ0n) is 32.3. The van der Waals surface area contributed by atoms with E-state index in [-0.39, 0.29) is 19.1 Å². The van der Waals surface area contributed by atoms with Crippen LogP contribution >= 0.6 is 0 Å². The summed E-state index contributed by atoms with van der Waals surface area (Å²) in [5.41, 5.74) is 6.13. The monoisotopic (exact) mass is 663 g/mol. The summed E-state index contributed by atoms with van der Waals surface area (Å²) in [6, 6.07) is 0. The van der Waals surface area contributed by atoms with Gasteiger partial charge in [0.25, 0.3) is 0 Å². The van der Waals surface area contributed by atoms with Crippen molar-refractivity contribution in [1.82, 2.24) is 0 Å². The van der Waals surface area contributed by atoms with Crippen LogP contribution in [0.25, 0.3) is 0 Å². The number of aliphatic hydroxyl groups excluding tert-OH is 2. The Morgan fingerprint density at radius 2 is 1.04 bits per heavy atom. The second-order valence-corrected chi connectivity index (χ2v) is 18.0. The molecule has 0 spiro atoms. The molecule has 0 bridgehead atoms. The summed E-state index contributed by atoms with van der Waals surface area (Å²) in [7, 11) is 0. The van der Waals surface area contributed by atoms with Gasteiger partial charge in [-0.05, 0) is 182 Å². The van der Waals surface area contributed by atoms with Crippen molar-refractivity contribution in [2.45, 2.75) is 138 Å². The highest BCUT2D eigenvalue weighted by atomic mass is 16.3. The molecule has 0 radical (unpaired) electrons. The molecule has 0 aromatic rings. The normalized spacial score (nSPS) is 40.3. The fourth-order valence-electron chi connectivity index (χ4n) is 11.2. The van der Waals surface area contributed by atoms with Crippen LogP contribution in [0.4, 0.5) is 0 Å². The molecule has 13 atom stereocenters. The largest absolute Gasteiger partial charge is 0.393 e. The first-order valence-electron chi connectivity index (χ1n) is 20.0. The molecule has 3 N–H and O–H groups in total. The molecule has 0 heterocycles. The number of fused-ring (bicyclic) bond motifs is 3. The number of rotatable bonds is 5. The van der Waals surface area contributed by atoms with Gasteiger partial charge in [0.05, 0.1) is 18.8 Å². The molecule has 0 saturated heterocycles. The molecule has 6 aliphatic carbocycles. The lowest BCUT2D eigenvalue weighted by atomic mass is 9.59. The fourth-order valence-corrected chi connectivity index (χ4v) is 11.2. The van der Waals surface area contributed by atoms with Crippen molar-refractivity contribution in [2.24, 2.45) is 71.0 Å². The first-order valence-corrected chi connectivity index (χ1v) is 20.0. The molecule has 0 amide bonds. The van der Waals surface area contributed by atoms with Crippen LogP contribution in [0.5, 0.6) is 0 Å². The topological polar surface area (TPSA) is 60.7 Å². The Morgan fingerprint density at radius 3 is 1.48 bits per heavy atom. The van der Waals surface area contributed by atoms with Crippen molar-refractivity contribution in [1.29, 1.82) is 0 Å².